The third-order valence-electron chi connectivity index (χ3n) is 4.94. The van der Waals surface area contributed by atoms with Gasteiger partial charge in [-0.3, -0.25) is 4.79 Å². The first-order chi connectivity index (χ1) is 13.4. The van der Waals surface area contributed by atoms with E-state index in [0.29, 0.717) is 30.4 Å². The quantitative estimate of drug-likeness (QED) is 0.759. The van der Waals surface area contributed by atoms with E-state index in [-0.39, 0.29) is 17.0 Å². The van der Waals surface area contributed by atoms with Crippen molar-refractivity contribution in [2.75, 3.05) is 13.1 Å². The normalized spacial score (nSPS) is 21.8. The van der Waals surface area contributed by atoms with Crippen LogP contribution in [0.3, 0.4) is 0 Å². The van der Waals surface area contributed by atoms with Crippen molar-refractivity contribution in [3.8, 4) is 0 Å². The molecular formula is C19H21ClN4O3S. The molecule has 1 aromatic rings. The van der Waals surface area contributed by atoms with Crippen LogP contribution in [0, 0.1) is 0 Å². The van der Waals surface area contributed by atoms with Crippen LogP contribution in [-0.2, 0) is 21.4 Å². The van der Waals surface area contributed by atoms with Gasteiger partial charge in [0.2, 0.25) is 10.0 Å². The van der Waals surface area contributed by atoms with Crippen molar-refractivity contribution < 1.29 is 13.2 Å². The summed E-state index contributed by atoms with van der Waals surface area (Å²) in [5.74, 6) is -0.235. The first kappa shape index (κ1) is 19.0. The van der Waals surface area contributed by atoms with Gasteiger partial charge in [-0.15, -0.1) is 0 Å². The van der Waals surface area contributed by atoms with Gasteiger partial charge in [-0.25, -0.2) is 8.42 Å². The van der Waals surface area contributed by atoms with E-state index in [1.165, 1.54) is 4.31 Å². The number of fused-ring (bicyclic) bond motifs is 1. The highest BCUT2D eigenvalue weighted by molar-refractivity contribution is 7.89. The maximum Gasteiger partial charge on any atom is 0.269 e. The second-order valence-electron chi connectivity index (χ2n) is 6.89. The van der Waals surface area contributed by atoms with Gasteiger partial charge in [-0.05, 0) is 42.7 Å². The molecule has 0 bridgehead atoms. The second kappa shape index (κ2) is 7.62. The Bertz CT molecular complexity index is 963. The molecule has 3 heterocycles. The highest BCUT2D eigenvalue weighted by Gasteiger charge is 2.27. The Kier molecular flexibility index (Phi) is 5.18. The molecule has 1 amide bonds. The van der Waals surface area contributed by atoms with Crippen LogP contribution in [-0.4, -0.2) is 42.8 Å². The summed E-state index contributed by atoms with van der Waals surface area (Å²) in [6.07, 6.45) is 8.81. The number of carbonyl (C=O) groups is 1. The topological polar surface area (TPSA) is 81.8 Å². The SMILES string of the molecule is O=C(NCc1ccc(S(=O)(=O)N2CCCC2)cc1)C1=CN2C=C(Cl)C=CC2N1. The molecule has 3 aliphatic heterocycles. The zero-order valence-electron chi connectivity index (χ0n) is 15.1. The highest BCUT2D eigenvalue weighted by Crippen LogP contribution is 2.22. The van der Waals surface area contributed by atoms with Crippen molar-refractivity contribution in [1.29, 1.82) is 0 Å². The fourth-order valence-electron chi connectivity index (χ4n) is 3.39. The molecule has 28 heavy (non-hydrogen) atoms. The van der Waals surface area contributed by atoms with E-state index in [9.17, 15) is 13.2 Å². The van der Waals surface area contributed by atoms with Gasteiger partial charge in [-0.2, -0.15) is 4.31 Å². The van der Waals surface area contributed by atoms with Gasteiger partial charge in [0.15, 0.2) is 0 Å². The van der Waals surface area contributed by atoms with Crippen LogP contribution < -0.4 is 10.6 Å². The molecule has 0 radical (unpaired) electrons. The number of benzene rings is 1. The Labute approximate surface area is 169 Å². The lowest BCUT2D eigenvalue weighted by Gasteiger charge is -2.21. The number of nitrogens with zero attached hydrogens (tertiary/aromatic N) is 2. The third kappa shape index (κ3) is 3.80. The molecule has 1 aromatic carbocycles. The molecule has 1 atom stereocenters. The summed E-state index contributed by atoms with van der Waals surface area (Å²) < 4.78 is 26.6. The molecule has 1 unspecified atom stereocenters. The summed E-state index contributed by atoms with van der Waals surface area (Å²) >= 11 is 5.97. The van der Waals surface area contributed by atoms with E-state index in [0.717, 1.165) is 18.4 Å². The molecule has 7 nitrogen and oxygen atoms in total. The summed E-state index contributed by atoms with van der Waals surface area (Å²) in [4.78, 5) is 14.5. The van der Waals surface area contributed by atoms with Crippen molar-refractivity contribution >= 4 is 27.5 Å². The number of nitrogens with one attached hydrogen (secondary N) is 2. The van der Waals surface area contributed by atoms with Gasteiger partial charge in [0, 0.05) is 32.0 Å². The Balaban J connectivity index is 1.36. The van der Waals surface area contributed by atoms with Gasteiger partial charge in [0.05, 0.1) is 9.93 Å². The average Bonchev–Trinajstić information content (AvgIpc) is 3.36. The highest BCUT2D eigenvalue weighted by atomic mass is 35.5. The van der Waals surface area contributed by atoms with Gasteiger partial charge in [0.25, 0.3) is 5.91 Å². The van der Waals surface area contributed by atoms with E-state index in [1.807, 2.05) is 11.0 Å². The lowest BCUT2D eigenvalue weighted by Crippen LogP contribution is -2.36. The van der Waals surface area contributed by atoms with Crippen LogP contribution in [0.4, 0.5) is 0 Å². The molecule has 3 aliphatic rings. The van der Waals surface area contributed by atoms with Gasteiger partial charge >= 0.3 is 0 Å². The summed E-state index contributed by atoms with van der Waals surface area (Å²) in [6, 6.07) is 6.66. The molecule has 0 aromatic heterocycles. The molecule has 0 aliphatic carbocycles. The number of sulfonamides is 1. The number of amides is 1. The van der Waals surface area contributed by atoms with Crippen molar-refractivity contribution in [2.45, 2.75) is 30.4 Å². The summed E-state index contributed by atoms with van der Waals surface area (Å²) in [6.45, 7) is 1.46. The molecule has 1 saturated heterocycles. The van der Waals surface area contributed by atoms with Crippen LogP contribution >= 0.6 is 11.6 Å². The standard InChI is InChI=1S/C19H21ClN4O3S/c20-15-5-8-18-22-17(13-23(18)12-15)19(25)21-11-14-3-6-16(7-4-14)28(26,27)24-9-1-2-10-24/h3-8,12-13,18,22H,1-2,9-11H2,(H,21,25). The van der Waals surface area contributed by atoms with Crippen molar-refractivity contribution in [3.05, 3.63) is 65.1 Å². The molecular weight excluding hydrogens is 400 g/mol. The van der Waals surface area contributed by atoms with Gasteiger partial charge < -0.3 is 15.5 Å². The summed E-state index contributed by atoms with van der Waals surface area (Å²) in [5.41, 5.74) is 1.28. The lowest BCUT2D eigenvalue weighted by atomic mass is 10.2. The summed E-state index contributed by atoms with van der Waals surface area (Å²) in [7, 11) is -3.42. The molecule has 1 fully saturated rings. The van der Waals surface area contributed by atoms with E-state index in [2.05, 4.69) is 10.6 Å². The van der Waals surface area contributed by atoms with E-state index in [4.69, 9.17) is 11.6 Å². The number of allylic oxidation sites excluding steroid dienone is 2. The third-order valence-corrected chi connectivity index (χ3v) is 7.07. The molecule has 2 N–H and O–H groups in total. The van der Waals surface area contributed by atoms with Crippen LogP contribution in [0.2, 0.25) is 0 Å². The smallest absolute Gasteiger partial charge is 0.269 e. The molecule has 0 saturated carbocycles. The Hall–Kier alpha value is -2.29. The summed E-state index contributed by atoms with van der Waals surface area (Å²) in [5, 5.41) is 6.55. The lowest BCUT2D eigenvalue weighted by molar-refractivity contribution is -0.118. The number of rotatable bonds is 5. The fraction of sp³-hybridized carbons (Fsp3) is 0.316. The predicted molar refractivity (Wildman–Crippen MR) is 106 cm³/mol. The van der Waals surface area contributed by atoms with Gasteiger partial charge in [-0.1, -0.05) is 23.7 Å². The number of halogens is 1. The van der Waals surface area contributed by atoms with Crippen LogP contribution in [0.15, 0.2) is 64.4 Å². The van der Waals surface area contributed by atoms with Crippen molar-refractivity contribution in [3.63, 3.8) is 0 Å². The average molecular weight is 421 g/mol. The Morgan fingerprint density at radius 2 is 1.89 bits per heavy atom. The minimum Gasteiger partial charge on any atom is -0.356 e. The number of carbonyl (C=O) groups excluding carboxylic acids is 1. The monoisotopic (exact) mass is 420 g/mol. The number of hydrogen-bond acceptors (Lipinski definition) is 5. The molecule has 9 heteroatoms. The Morgan fingerprint density at radius 1 is 1.18 bits per heavy atom. The minimum atomic E-state index is -3.42. The predicted octanol–water partition coefficient (Wildman–Crippen LogP) is 1.81. The van der Waals surface area contributed by atoms with E-state index >= 15 is 0 Å². The molecule has 0 spiro atoms. The van der Waals surface area contributed by atoms with Crippen LogP contribution in [0.1, 0.15) is 18.4 Å². The largest absolute Gasteiger partial charge is 0.356 e. The Morgan fingerprint density at radius 3 is 2.61 bits per heavy atom. The second-order valence-corrected chi connectivity index (χ2v) is 9.26. The maximum atomic E-state index is 12.5. The van der Waals surface area contributed by atoms with E-state index < -0.39 is 10.0 Å². The van der Waals surface area contributed by atoms with E-state index in [1.54, 1.807) is 42.7 Å². The number of hydrogen-bond donors (Lipinski definition) is 2. The van der Waals surface area contributed by atoms with Crippen LogP contribution in [0.25, 0.3) is 0 Å². The fourth-order valence-corrected chi connectivity index (χ4v) is 5.10. The first-order valence-electron chi connectivity index (χ1n) is 9.12. The van der Waals surface area contributed by atoms with Crippen molar-refractivity contribution in [1.82, 2.24) is 19.8 Å². The molecule has 148 valence electrons. The van der Waals surface area contributed by atoms with Crippen LogP contribution in [0.5, 0.6) is 0 Å². The molecule has 4 rings (SSSR count). The maximum absolute atomic E-state index is 12.5. The first-order valence-corrected chi connectivity index (χ1v) is 10.9. The van der Waals surface area contributed by atoms with Crippen molar-refractivity contribution in [2.24, 2.45) is 0 Å². The minimum absolute atomic E-state index is 0.113. The zero-order valence-corrected chi connectivity index (χ0v) is 16.7. The van der Waals surface area contributed by atoms with Gasteiger partial charge in [0.1, 0.15) is 11.9 Å². The zero-order chi connectivity index (χ0) is 19.7.